The zero-order chi connectivity index (χ0) is 14.4. The van der Waals surface area contributed by atoms with Crippen molar-refractivity contribution in [2.45, 2.75) is 32.1 Å². The van der Waals surface area contributed by atoms with Crippen molar-refractivity contribution in [3.63, 3.8) is 0 Å². The summed E-state index contributed by atoms with van der Waals surface area (Å²) in [6, 6.07) is 9.67. The Bertz CT molecular complexity index is 484. The van der Waals surface area contributed by atoms with Gasteiger partial charge in [0.05, 0.1) is 13.2 Å². The van der Waals surface area contributed by atoms with Crippen molar-refractivity contribution in [1.29, 1.82) is 0 Å². The highest BCUT2D eigenvalue weighted by Crippen LogP contribution is 2.36. The van der Waals surface area contributed by atoms with E-state index in [-0.39, 0.29) is 5.97 Å². The molecule has 0 saturated carbocycles. The molecule has 1 atom stereocenters. The zero-order valence-corrected chi connectivity index (χ0v) is 12.1. The maximum Gasteiger partial charge on any atom is 0.326 e. The van der Waals surface area contributed by atoms with Gasteiger partial charge in [0.2, 0.25) is 5.90 Å². The minimum absolute atomic E-state index is 0.266. The molecule has 0 bridgehead atoms. The second kappa shape index (κ2) is 6.55. The van der Waals surface area contributed by atoms with Crippen LogP contribution in [0.3, 0.4) is 0 Å². The van der Waals surface area contributed by atoms with E-state index in [1.54, 1.807) is 0 Å². The average Bonchev–Trinajstić information content (AvgIpc) is 2.49. The van der Waals surface area contributed by atoms with Crippen molar-refractivity contribution in [3.8, 4) is 0 Å². The number of ether oxygens (including phenoxy) is 2. The van der Waals surface area contributed by atoms with E-state index < -0.39 is 5.41 Å². The number of carbonyl (C=O) groups is 1. The smallest absolute Gasteiger partial charge is 0.326 e. The molecular weight excluding hydrogens is 254 g/mol. The van der Waals surface area contributed by atoms with Gasteiger partial charge in [-0.15, -0.1) is 0 Å². The van der Waals surface area contributed by atoms with Crippen LogP contribution in [0.25, 0.3) is 0 Å². The summed E-state index contributed by atoms with van der Waals surface area (Å²) < 4.78 is 11.0. The number of hydrogen-bond acceptors (Lipinski definition) is 4. The molecule has 0 saturated heterocycles. The van der Waals surface area contributed by atoms with Crippen LogP contribution in [0, 0.1) is 0 Å². The van der Waals surface area contributed by atoms with E-state index in [0.717, 1.165) is 12.0 Å². The Morgan fingerprint density at radius 1 is 1.25 bits per heavy atom. The van der Waals surface area contributed by atoms with E-state index in [4.69, 9.17) is 9.47 Å². The molecule has 0 amide bonds. The standard InChI is InChI=1S/C16H21NO3/c1-3-19-14-16(11-8-12-17-14,15(18)20-4-2)13-9-6-5-7-10-13/h5-7,9-10H,3-4,8,11-12H2,1-2H3. The van der Waals surface area contributed by atoms with Gasteiger partial charge in [0.15, 0.2) is 5.41 Å². The highest BCUT2D eigenvalue weighted by molar-refractivity contribution is 6.09. The maximum absolute atomic E-state index is 12.6. The molecule has 0 spiro atoms. The monoisotopic (exact) mass is 275 g/mol. The SMILES string of the molecule is CCOC(=O)C1(c2ccccc2)CCCN=C1OCC. The lowest BCUT2D eigenvalue weighted by Gasteiger charge is -2.34. The summed E-state index contributed by atoms with van der Waals surface area (Å²) in [6.45, 7) is 5.26. The first kappa shape index (κ1) is 14.6. The normalized spacial score (nSPS) is 22.0. The number of rotatable bonds is 4. The Kier molecular flexibility index (Phi) is 4.77. The van der Waals surface area contributed by atoms with Gasteiger partial charge in [0, 0.05) is 6.54 Å². The molecule has 1 aliphatic rings. The Morgan fingerprint density at radius 3 is 2.65 bits per heavy atom. The molecule has 0 radical (unpaired) electrons. The molecule has 1 unspecified atom stereocenters. The molecule has 0 fully saturated rings. The van der Waals surface area contributed by atoms with Crippen LogP contribution in [-0.2, 0) is 19.7 Å². The van der Waals surface area contributed by atoms with Crippen molar-refractivity contribution in [1.82, 2.24) is 0 Å². The molecule has 20 heavy (non-hydrogen) atoms. The number of carbonyl (C=O) groups excluding carboxylic acids is 1. The van der Waals surface area contributed by atoms with Crippen LogP contribution >= 0.6 is 0 Å². The fraction of sp³-hybridized carbons (Fsp3) is 0.500. The molecule has 0 N–H and O–H groups in total. The lowest BCUT2D eigenvalue weighted by molar-refractivity contribution is -0.148. The first-order chi connectivity index (χ1) is 9.75. The van der Waals surface area contributed by atoms with Gasteiger partial charge < -0.3 is 9.47 Å². The highest BCUT2D eigenvalue weighted by Gasteiger charge is 2.49. The number of aliphatic imine (C=N–C) groups is 1. The first-order valence-corrected chi connectivity index (χ1v) is 7.16. The predicted octanol–water partition coefficient (Wildman–Crippen LogP) is 2.72. The van der Waals surface area contributed by atoms with Crippen LogP contribution in [0.1, 0.15) is 32.3 Å². The summed E-state index contributed by atoms with van der Waals surface area (Å²) >= 11 is 0. The predicted molar refractivity (Wildman–Crippen MR) is 77.9 cm³/mol. The molecule has 1 aliphatic heterocycles. The molecule has 1 aromatic rings. The van der Waals surface area contributed by atoms with Crippen LogP contribution in [0.2, 0.25) is 0 Å². The molecule has 108 valence electrons. The summed E-state index contributed by atoms with van der Waals surface area (Å²) in [6.07, 6.45) is 1.53. The Morgan fingerprint density at radius 2 is 2.00 bits per heavy atom. The van der Waals surface area contributed by atoms with Gasteiger partial charge in [0.1, 0.15) is 0 Å². The summed E-state index contributed by atoms with van der Waals surface area (Å²) in [4.78, 5) is 17.1. The van der Waals surface area contributed by atoms with Gasteiger partial charge in [-0.05, 0) is 32.3 Å². The largest absolute Gasteiger partial charge is 0.480 e. The van der Waals surface area contributed by atoms with Gasteiger partial charge in [-0.3, -0.25) is 9.79 Å². The topological polar surface area (TPSA) is 47.9 Å². The summed E-state index contributed by atoms with van der Waals surface area (Å²) in [5.74, 6) is 0.231. The van der Waals surface area contributed by atoms with Gasteiger partial charge in [-0.1, -0.05) is 30.3 Å². The maximum atomic E-state index is 12.6. The van der Waals surface area contributed by atoms with Crippen molar-refractivity contribution in [3.05, 3.63) is 35.9 Å². The van der Waals surface area contributed by atoms with Crippen LogP contribution < -0.4 is 0 Å². The Balaban J connectivity index is 2.51. The molecule has 2 rings (SSSR count). The minimum Gasteiger partial charge on any atom is -0.480 e. The number of nitrogens with zero attached hydrogens (tertiary/aromatic N) is 1. The third-order valence-electron chi connectivity index (χ3n) is 3.50. The fourth-order valence-corrected chi connectivity index (χ4v) is 2.62. The van der Waals surface area contributed by atoms with Crippen molar-refractivity contribution in [2.24, 2.45) is 4.99 Å². The van der Waals surface area contributed by atoms with E-state index in [0.29, 0.717) is 32.1 Å². The van der Waals surface area contributed by atoms with E-state index in [2.05, 4.69) is 4.99 Å². The molecule has 4 nitrogen and oxygen atoms in total. The van der Waals surface area contributed by atoms with Crippen molar-refractivity contribution in [2.75, 3.05) is 19.8 Å². The molecule has 0 aliphatic carbocycles. The van der Waals surface area contributed by atoms with Gasteiger partial charge in [0.25, 0.3) is 0 Å². The summed E-state index contributed by atoms with van der Waals surface area (Å²) in [7, 11) is 0. The van der Waals surface area contributed by atoms with Gasteiger partial charge in [-0.25, -0.2) is 0 Å². The summed E-state index contributed by atoms with van der Waals surface area (Å²) in [5, 5.41) is 0. The Hall–Kier alpha value is -1.84. The van der Waals surface area contributed by atoms with Crippen molar-refractivity contribution >= 4 is 11.9 Å². The molecule has 4 heteroatoms. The van der Waals surface area contributed by atoms with Gasteiger partial charge >= 0.3 is 5.97 Å². The molecule has 1 heterocycles. The minimum atomic E-state index is -0.883. The third-order valence-corrected chi connectivity index (χ3v) is 3.50. The average molecular weight is 275 g/mol. The van der Waals surface area contributed by atoms with Gasteiger partial charge in [-0.2, -0.15) is 0 Å². The number of hydrogen-bond donors (Lipinski definition) is 0. The van der Waals surface area contributed by atoms with Crippen LogP contribution in [0.4, 0.5) is 0 Å². The fourth-order valence-electron chi connectivity index (χ4n) is 2.62. The highest BCUT2D eigenvalue weighted by atomic mass is 16.5. The van der Waals surface area contributed by atoms with E-state index in [1.165, 1.54) is 0 Å². The molecular formula is C16H21NO3. The van der Waals surface area contributed by atoms with Crippen LogP contribution in [0.5, 0.6) is 0 Å². The van der Waals surface area contributed by atoms with E-state index in [1.807, 2.05) is 44.2 Å². The Labute approximate surface area is 119 Å². The van der Waals surface area contributed by atoms with Crippen LogP contribution in [-0.4, -0.2) is 31.6 Å². The molecule has 0 aromatic heterocycles. The van der Waals surface area contributed by atoms with E-state index in [9.17, 15) is 4.79 Å². The summed E-state index contributed by atoms with van der Waals surface area (Å²) in [5.41, 5.74) is 0.0104. The number of benzene rings is 1. The third kappa shape index (κ3) is 2.55. The molecule has 1 aromatic carbocycles. The first-order valence-electron chi connectivity index (χ1n) is 7.16. The second-order valence-corrected chi connectivity index (χ2v) is 4.72. The second-order valence-electron chi connectivity index (χ2n) is 4.72. The van der Waals surface area contributed by atoms with Crippen LogP contribution in [0.15, 0.2) is 35.3 Å². The number of esters is 1. The zero-order valence-electron chi connectivity index (χ0n) is 12.1. The quantitative estimate of drug-likeness (QED) is 0.794. The van der Waals surface area contributed by atoms with Crippen molar-refractivity contribution < 1.29 is 14.3 Å². The van der Waals surface area contributed by atoms with E-state index >= 15 is 0 Å². The lowest BCUT2D eigenvalue weighted by Crippen LogP contribution is -2.48. The lowest BCUT2D eigenvalue weighted by atomic mass is 9.75.